The fourth-order valence-corrected chi connectivity index (χ4v) is 3.18. The Bertz CT molecular complexity index is 419. The summed E-state index contributed by atoms with van der Waals surface area (Å²) in [7, 11) is 0. The maximum absolute atomic E-state index is 9.53. The maximum atomic E-state index is 9.53. The number of rotatable bonds is 1. The summed E-state index contributed by atoms with van der Waals surface area (Å²) in [5.74, 6) is 0.366. The fourth-order valence-electron chi connectivity index (χ4n) is 3.18. The first kappa shape index (κ1) is 11.1. The van der Waals surface area contributed by atoms with E-state index in [9.17, 15) is 5.11 Å². The monoisotopic (exact) mass is 233 g/mol. The molecule has 1 aromatic carbocycles. The Morgan fingerprint density at radius 3 is 3.18 bits per heavy atom. The molecule has 0 radical (unpaired) electrons. The van der Waals surface area contributed by atoms with E-state index in [1.54, 1.807) is 6.07 Å². The van der Waals surface area contributed by atoms with E-state index >= 15 is 0 Å². The van der Waals surface area contributed by atoms with E-state index in [1.165, 1.54) is 11.1 Å². The third kappa shape index (κ3) is 1.83. The molecule has 0 amide bonds. The SMILES string of the molecule is CCN1CCOC2c3ccc(O)cc3CCC21. The van der Waals surface area contributed by atoms with E-state index in [1.807, 2.05) is 12.1 Å². The van der Waals surface area contributed by atoms with Crippen LogP contribution in [0.1, 0.15) is 30.6 Å². The summed E-state index contributed by atoms with van der Waals surface area (Å²) < 4.78 is 5.96. The van der Waals surface area contributed by atoms with Crippen molar-refractivity contribution in [2.24, 2.45) is 0 Å². The van der Waals surface area contributed by atoms with E-state index in [2.05, 4.69) is 11.8 Å². The van der Waals surface area contributed by atoms with Gasteiger partial charge in [0.25, 0.3) is 0 Å². The van der Waals surface area contributed by atoms with Crippen LogP contribution in [0, 0.1) is 0 Å². The van der Waals surface area contributed by atoms with Crippen LogP contribution in [0.3, 0.4) is 0 Å². The van der Waals surface area contributed by atoms with Gasteiger partial charge in [0, 0.05) is 12.6 Å². The van der Waals surface area contributed by atoms with Crippen LogP contribution in [0.15, 0.2) is 18.2 Å². The van der Waals surface area contributed by atoms with Gasteiger partial charge in [-0.1, -0.05) is 13.0 Å². The van der Waals surface area contributed by atoms with Gasteiger partial charge < -0.3 is 9.84 Å². The smallest absolute Gasteiger partial charge is 0.115 e. The highest BCUT2D eigenvalue weighted by molar-refractivity contribution is 5.39. The maximum Gasteiger partial charge on any atom is 0.115 e. The first-order valence-electron chi connectivity index (χ1n) is 6.47. The highest BCUT2D eigenvalue weighted by Gasteiger charge is 2.36. The minimum atomic E-state index is 0.202. The molecule has 92 valence electrons. The Kier molecular flexibility index (Phi) is 2.81. The molecule has 1 aromatic rings. The lowest BCUT2D eigenvalue weighted by Crippen LogP contribution is -2.48. The quantitative estimate of drug-likeness (QED) is 0.806. The second-order valence-corrected chi connectivity index (χ2v) is 4.91. The molecule has 1 heterocycles. The van der Waals surface area contributed by atoms with Crippen LogP contribution >= 0.6 is 0 Å². The van der Waals surface area contributed by atoms with Crippen molar-refractivity contribution < 1.29 is 9.84 Å². The van der Waals surface area contributed by atoms with Gasteiger partial charge in [-0.25, -0.2) is 0 Å². The van der Waals surface area contributed by atoms with Crippen LogP contribution in [0.5, 0.6) is 5.75 Å². The number of morpholine rings is 1. The molecule has 0 aromatic heterocycles. The van der Waals surface area contributed by atoms with Gasteiger partial charge in [0.2, 0.25) is 0 Å². The summed E-state index contributed by atoms with van der Waals surface area (Å²) in [6.07, 6.45) is 2.38. The van der Waals surface area contributed by atoms with Crippen molar-refractivity contribution in [1.82, 2.24) is 4.90 Å². The normalized spacial score (nSPS) is 28.5. The topological polar surface area (TPSA) is 32.7 Å². The van der Waals surface area contributed by atoms with E-state index in [4.69, 9.17) is 4.74 Å². The predicted molar refractivity (Wildman–Crippen MR) is 66.2 cm³/mol. The number of aromatic hydroxyl groups is 1. The Labute approximate surface area is 102 Å². The fraction of sp³-hybridized carbons (Fsp3) is 0.571. The Morgan fingerprint density at radius 2 is 2.35 bits per heavy atom. The molecular formula is C14H19NO2. The average molecular weight is 233 g/mol. The molecule has 3 nitrogen and oxygen atoms in total. The lowest BCUT2D eigenvalue weighted by molar-refractivity contribution is -0.0784. The summed E-state index contributed by atoms with van der Waals surface area (Å²) >= 11 is 0. The summed E-state index contributed by atoms with van der Waals surface area (Å²) in [5, 5.41) is 9.53. The van der Waals surface area contributed by atoms with E-state index in [-0.39, 0.29) is 6.10 Å². The van der Waals surface area contributed by atoms with Crippen LogP contribution in [-0.4, -0.2) is 35.7 Å². The summed E-state index contributed by atoms with van der Waals surface area (Å²) in [5.41, 5.74) is 2.53. The molecular weight excluding hydrogens is 214 g/mol. The summed E-state index contributed by atoms with van der Waals surface area (Å²) in [6, 6.07) is 6.21. The number of aryl methyl sites for hydroxylation is 1. The van der Waals surface area contributed by atoms with Crippen LogP contribution in [0.2, 0.25) is 0 Å². The zero-order valence-corrected chi connectivity index (χ0v) is 10.2. The van der Waals surface area contributed by atoms with Crippen LogP contribution in [0.25, 0.3) is 0 Å². The van der Waals surface area contributed by atoms with Crippen molar-refractivity contribution >= 4 is 0 Å². The molecule has 3 heteroatoms. The number of fused-ring (bicyclic) bond motifs is 3. The zero-order chi connectivity index (χ0) is 11.8. The van der Waals surface area contributed by atoms with Gasteiger partial charge in [0.15, 0.2) is 0 Å². The Hall–Kier alpha value is -1.06. The van der Waals surface area contributed by atoms with E-state index in [0.29, 0.717) is 11.8 Å². The van der Waals surface area contributed by atoms with Gasteiger partial charge in [-0.3, -0.25) is 4.90 Å². The third-order valence-electron chi connectivity index (χ3n) is 4.04. The third-order valence-corrected chi connectivity index (χ3v) is 4.04. The Morgan fingerprint density at radius 1 is 1.47 bits per heavy atom. The molecule has 2 aliphatic rings. The molecule has 1 saturated heterocycles. The molecule has 0 saturated carbocycles. The molecule has 3 rings (SSSR count). The predicted octanol–water partition coefficient (Wildman–Crippen LogP) is 2.10. The van der Waals surface area contributed by atoms with Gasteiger partial charge in [-0.2, -0.15) is 0 Å². The molecule has 2 unspecified atom stereocenters. The average Bonchev–Trinajstić information content (AvgIpc) is 2.37. The summed E-state index contributed by atoms with van der Waals surface area (Å²) in [4.78, 5) is 2.52. The zero-order valence-electron chi connectivity index (χ0n) is 10.2. The number of phenols is 1. The molecule has 1 N–H and O–H groups in total. The highest BCUT2D eigenvalue weighted by atomic mass is 16.5. The van der Waals surface area contributed by atoms with Gasteiger partial charge in [0.05, 0.1) is 12.7 Å². The molecule has 0 spiro atoms. The first-order valence-corrected chi connectivity index (χ1v) is 6.47. The van der Waals surface area contributed by atoms with Crippen LogP contribution < -0.4 is 0 Å². The first-order chi connectivity index (χ1) is 8.29. The molecule has 2 atom stereocenters. The van der Waals surface area contributed by atoms with Crippen molar-refractivity contribution in [1.29, 1.82) is 0 Å². The molecule has 0 bridgehead atoms. The molecule has 1 aliphatic carbocycles. The van der Waals surface area contributed by atoms with Gasteiger partial charge in [0.1, 0.15) is 5.75 Å². The van der Waals surface area contributed by atoms with Crippen LogP contribution in [0.4, 0.5) is 0 Å². The highest BCUT2D eigenvalue weighted by Crippen LogP contribution is 2.38. The second kappa shape index (κ2) is 4.31. The Balaban J connectivity index is 1.95. The second-order valence-electron chi connectivity index (χ2n) is 4.91. The van der Waals surface area contributed by atoms with Crippen molar-refractivity contribution in [3.63, 3.8) is 0 Å². The number of benzene rings is 1. The number of phenolic OH excluding ortho intramolecular Hbond substituents is 1. The van der Waals surface area contributed by atoms with E-state index < -0.39 is 0 Å². The van der Waals surface area contributed by atoms with Crippen molar-refractivity contribution in [3.05, 3.63) is 29.3 Å². The number of hydrogen-bond acceptors (Lipinski definition) is 3. The van der Waals surface area contributed by atoms with Gasteiger partial charge >= 0.3 is 0 Å². The van der Waals surface area contributed by atoms with Crippen molar-refractivity contribution in [2.45, 2.75) is 31.9 Å². The van der Waals surface area contributed by atoms with Crippen molar-refractivity contribution in [3.8, 4) is 5.75 Å². The number of likely N-dealkylation sites (N-methyl/N-ethyl adjacent to an activating group) is 1. The lowest BCUT2D eigenvalue weighted by Gasteiger charge is -2.44. The largest absolute Gasteiger partial charge is 0.508 e. The van der Waals surface area contributed by atoms with Gasteiger partial charge in [-0.05, 0) is 42.6 Å². The summed E-state index contributed by atoms with van der Waals surface area (Å²) in [6.45, 7) is 5.17. The minimum absolute atomic E-state index is 0.202. The van der Waals surface area contributed by atoms with Gasteiger partial charge in [-0.15, -0.1) is 0 Å². The minimum Gasteiger partial charge on any atom is -0.508 e. The van der Waals surface area contributed by atoms with Crippen molar-refractivity contribution in [2.75, 3.05) is 19.7 Å². The molecule has 17 heavy (non-hydrogen) atoms. The standard InChI is InChI=1S/C14H19NO2/c1-2-15-7-8-17-14-12-5-4-11(16)9-10(12)3-6-13(14)15/h4-5,9,13-14,16H,2-3,6-8H2,1H3. The van der Waals surface area contributed by atoms with E-state index in [0.717, 1.165) is 32.5 Å². The molecule has 1 fully saturated rings. The number of nitrogens with zero attached hydrogens (tertiary/aromatic N) is 1. The number of hydrogen-bond donors (Lipinski definition) is 1. The van der Waals surface area contributed by atoms with Crippen LogP contribution in [-0.2, 0) is 11.2 Å². The lowest BCUT2D eigenvalue weighted by atomic mass is 9.84. The number of ether oxygens (including phenoxy) is 1. The molecule has 1 aliphatic heterocycles.